The molecule has 0 spiro atoms. The molecule has 0 aliphatic carbocycles. The first-order valence-corrected chi connectivity index (χ1v) is 11.0. The van der Waals surface area contributed by atoms with Gasteiger partial charge in [0.25, 0.3) is 0 Å². The van der Waals surface area contributed by atoms with E-state index >= 15 is 0 Å². The van der Waals surface area contributed by atoms with Crippen molar-refractivity contribution in [3.63, 3.8) is 0 Å². The highest BCUT2D eigenvalue weighted by atomic mass is 32.1. The fourth-order valence-corrected chi connectivity index (χ4v) is 4.44. The van der Waals surface area contributed by atoms with E-state index < -0.39 is 18.0 Å². The molecule has 5 rings (SSSR count). The smallest absolute Gasteiger partial charge is 0.335 e. The highest BCUT2D eigenvalue weighted by Crippen LogP contribution is 2.41. The first-order valence-electron chi connectivity index (χ1n) is 10.6. The number of nitrogens with one attached hydrogen (secondary N) is 1. The lowest BCUT2D eigenvalue weighted by atomic mass is 10.0. The summed E-state index contributed by atoms with van der Waals surface area (Å²) in [6.45, 7) is 0.389. The second-order valence-corrected chi connectivity index (χ2v) is 8.33. The number of nitrogens with zero attached hydrogens (tertiary/aromatic N) is 2. The minimum absolute atomic E-state index is 0.146. The quantitative estimate of drug-likeness (QED) is 0.319. The van der Waals surface area contributed by atoms with Gasteiger partial charge in [-0.1, -0.05) is 6.07 Å². The number of aromatic carboxylic acids is 2. The van der Waals surface area contributed by atoms with Crippen molar-refractivity contribution in [2.45, 2.75) is 18.6 Å². The second kappa shape index (κ2) is 9.07. The van der Waals surface area contributed by atoms with Gasteiger partial charge in [-0.25, -0.2) is 9.59 Å². The Morgan fingerprint density at radius 1 is 1.03 bits per heavy atom. The maximum atomic E-state index is 11.5. The number of furan rings is 2. The molecule has 1 saturated heterocycles. The van der Waals surface area contributed by atoms with Crippen LogP contribution in [0.4, 0.5) is 0 Å². The van der Waals surface area contributed by atoms with E-state index in [9.17, 15) is 19.8 Å². The summed E-state index contributed by atoms with van der Waals surface area (Å²) < 4.78 is 11.7. The number of carboxylic acids is 2. The third-order valence-corrected chi connectivity index (χ3v) is 6.09. The van der Waals surface area contributed by atoms with Crippen LogP contribution in [-0.4, -0.2) is 37.1 Å². The average molecular weight is 490 g/mol. The zero-order valence-electron chi connectivity index (χ0n) is 18.1. The normalized spacial score (nSPS) is 17.4. The monoisotopic (exact) mass is 489 g/mol. The number of hydrogen-bond donors (Lipinski definition) is 3. The molecule has 9 nitrogen and oxygen atoms in total. The van der Waals surface area contributed by atoms with E-state index in [0.29, 0.717) is 34.5 Å². The predicted octanol–water partition coefficient (Wildman–Crippen LogP) is 4.50. The molecule has 4 heterocycles. The summed E-state index contributed by atoms with van der Waals surface area (Å²) in [5, 5.41) is 22.7. The molecular weight excluding hydrogens is 470 g/mol. The van der Waals surface area contributed by atoms with Crippen LogP contribution in [0, 0.1) is 0 Å². The fourth-order valence-electron chi connectivity index (χ4n) is 4.14. The molecule has 3 aromatic heterocycles. The maximum absolute atomic E-state index is 11.5. The molecule has 176 valence electrons. The van der Waals surface area contributed by atoms with Gasteiger partial charge < -0.3 is 29.3 Å². The zero-order chi connectivity index (χ0) is 24.5. The van der Waals surface area contributed by atoms with Crippen molar-refractivity contribution in [3.05, 3.63) is 101 Å². The topological polar surface area (TPSA) is 129 Å². The van der Waals surface area contributed by atoms with Crippen molar-refractivity contribution in [1.29, 1.82) is 0 Å². The van der Waals surface area contributed by atoms with E-state index in [-0.39, 0.29) is 17.2 Å². The number of hydrogen-bond acceptors (Lipinski definition) is 6. The molecule has 1 aliphatic rings. The molecule has 4 aromatic rings. The largest absolute Gasteiger partial charge is 0.478 e. The summed E-state index contributed by atoms with van der Waals surface area (Å²) in [6.07, 6.45) is 3.29. The van der Waals surface area contributed by atoms with E-state index in [0.717, 1.165) is 11.8 Å². The zero-order valence-corrected chi connectivity index (χ0v) is 18.9. The Bertz CT molecular complexity index is 1370. The van der Waals surface area contributed by atoms with Crippen molar-refractivity contribution in [2.75, 3.05) is 0 Å². The summed E-state index contributed by atoms with van der Waals surface area (Å²) in [5.74, 6) is -0.862. The summed E-state index contributed by atoms with van der Waals surface area (Å²) in [5.41, 5.74) is 0.814. The van der Waals surface area contributed by atoms with E-state index in [2.05, 4.69) is 10.3 Å². The van der Waals surface area contributed by atoms with Crippen LogP contribution >= 0.6 is 12.2 Å². The lowest BCUT2D eigenvalue weighted by Crippen LogP contribution is -2.28. The first kappa shape index (κ1) is 22.4. The Morgan fingerprint density at radius 3 is 2.43 bits per heavy atom. The van der Waals surface area contributed by atoms with Crippen LogP contribution in [0.2, 0.25) is 0 Å². The van der Waals surface area contributed by atoms with Gasteiger partial charge in [-0.3, -0.25) is 4.98 Å². The summed E-state index contributed by atoms with van der Waals surface area (Å²) in [4.78, 5) is 29.5. The van der Waals surface area contributed by atoms with Crippen LogP contribution in [0.15, 0.2) is 82.0 Å². The third-order valence-electron chi connectivity index (χ3n) is 5.73. The number of rotatable bonds is 7. The van der Waals surface area contributed by atoms with Gasteiger partial charge >= 0.3 is 11.9 Å². The molecule has 1 aliphatic heterocycles. The molecule has 2 atom stereocenters. The number of carboxylic acid groups (broad SMARTS) is 2. The average Bonchev–Trinajstić information content (AvgIpc) is 3.61. The molecule has 3 N–H and O–H groups in total. The molecule has 0 saturated carbocycles. The molecular formula is C25H19N3O6S. The Balaban J connectivity index is 1.56. The van der Waals surface area contributed by atoms with Crippen molar-refractivity contribution in [1.82, 2.24) is 15.2 Å². The Labute approximate surface area is 204 Å². The van der Waals surface area contributed by atoms with Gasteiger partial charge in [0.1, 0.15) is 23.3 Å². The Morgan fingerprint density at radius 2 is 1.80 bits per heavy atom. The lowest BCUT2D eigenvalue weighted by Gasteiger charge is -2.25. The molecule has 0 radical (unpaired) electrons. The maximum Gasteiger partial charge on any atom is 0.335 e. The standard InChI is InChI=1S/C25H19N3O6S/c29-23(30)15-10-14(11-16(12-15)24(31)32)19-6-7-20(34-19)22-21(18-5-1-2-8-26-18)27-25(35)28(22)13-17-4-3-9-33-17/h1-12,21-22H,13H2,(H,27,35)(H,29,30)(H,31,32). The van der Waals surface area contributed by atoms with Gasteiger partial charge in [-0.05, 0) is 66.8 Å². The lowest BCUT2D eigenvalue weighted by molar-refractivity contribution is 0.0696. The van der Waals surface area contributed by atoms with Gasteiger partial charge in [0, 0.05) is 11.8 Å². The minimum Gasteiger partial charge on any atom is -0.478 e. The van der Waals surface area contributed by atoms with E-state index in [1.165, 1.54) is 12.1 Å². The number of carbonyl (C=O) groups is 2. The summed E-state index contributed by atoms with van der Waals surface area (Å²) in [7, 11) is 0. The Hall–Kier alpha value is -4.44. The molecule has 35 heavy (non-hydrogen) atoms. The number of benzene rings is 1. The van der Waals surface area contributed by atoms with Crippen LogP contribution in [0.3, 0.4) is 0 Å². The van der Waals surface area contributed by atoms with E-state index in [1.54, 1.807) is 30.7 Å². The van der Waals surface area contributed by atoms with Gasteiger partial charge in [0.05, 0.1) is 35.7 Å². The van der Waals surface area contributed by atoms with Crippen molar-refractivity contribution in [2.24, 2.45) is 0 Å². The molecule has 1 aromatic carbocycles. The van der Waals surface area contributed by atoms with Gasteiger partial charge in [0.15, 0.2) is 5.11 Å². The first-order chi connectivity index (χ1) is 16.9. The Kier molecular flexibility index (Phi) is 5.79. The summed E-state index contributed by atoms with van der Waals surface area (Å²) >= 11 is 5.63. The van der Waals surface area contributed by atoms with Gasteiger partial charge in [0.2, 0.25) is 0 Å². The summed E-state index contributed by atoms with van der Waals surface area (Å²) in [6, 6.07) is 15.9. The molecule has 1 fully saturated rings. The van der Waals surface area contributed by atoms with Crippen molar-refractivity contribution >= 4 is 29.3 Å². The second-order valence-electron chi connectivity index (χ2n) is 7.95. The highest BCUT2D eigenvalue weighted by Gasteiger charge is 2.42. The van der Waals surface area contributed by atoms with Crippen LogP contribution in [0.5, 0.6) is 0 Å². The van der Waals surface area contributed by atoms with Crippen LogP contribution in [0.1, 0.15) is 50.0 Å². The number of thiocarbonyl (C=S) groups is 1. The number of pyridine rings is 1. The van der Waals surface area contributed by atoms with Crippen LogP contribution in [-0.2, 0) is 6.54 Å². The van der Waals surface area contributed by atoms with Gasteiger partial charge in [-0.2, -0.15) is 0 Å². The fraction of sp³-hybridized carbons (Fsp3) is 0.120. The SMILES string of the molecule is O=C(O)c1cc(C(=O)O)cc(-c2ccc(C3C(c4ccccn4)NC(=S)N3Cc3ccco3)o2)c1. The molecule has 2 unspecified atom stereocenters. The highest BCUT2D eigenvalue weighted by molar-refractivity contribution is 7.80. The van der Waals surface area contributed by atoms with Crippen LogP contribution in [0.25, 0.3) is 11.3 Å². The predicted molar refractivity (Wildman–Crippen MR) is 128 cm³/mol. The third kappa shape index (κ3) is 4.38. The number of aromatic nitrogens is 1. The molecule has 10 heteroatoms. The van der Waals surface area contributed by atoms with Gasteiger partial charge in [-0.15, -0.1) is 0 Å². The molecule has 0 amide bonds. The molecule has 0 bridgehead atoms. The van der Waals surface area contributed by atoms with Crippen molar-refractivity contribution in [3.8, 4) is 11.3 Å². The van der Waals surface area contributed by atoms with Crippen LogP contribution < -0.4 is 5.32 Å². The minimum atomic E-state index is -1.23. The van der Waals surface area contributed by atoms with E-state index in [1.807, 2.05) is 29.2 Å². The van der Waals surface area contributed by atoms with Crippen molar-refractivity contribution < 1.29 is 28.6 Å². The van der Waals surface area contributed by atoms with E-state index in [4.69, 9.17) is 21.1 Å².